The molecule has 3 heterocycles. The standard InChI is InChI=1S/C21H20N4O5/c1-27-12-5-6-13(17(10-12)28-2)19-18-14(22-20-21(23-19)25-30-24-20)8-11(9-15(18)26)16-4-3-7-29-16/h3-7,10-11,19H,8-9H2,1-2H3,(H,22,24)(H,23,25). The number of fused-ring (bicyclic) bond motifs is 1. The van der Waals surface area contributed by atoms with E-state index in [2.05, 4.69) is 20.9 Å². The largest absolute Gasteiger partial charge is 0.497 e. The number of nitrogens with one attached hydrogen (secondary N) is 2. The average Bonchev–Trinajstić information content (AvgIpc) is 3.42. The normalized spacial score (nSPS) is 20.5. The van der Waals surface area contributed by atoms with E-state index in [0.717, 1.165) is 17.0 Å². The molecule has 9 nitrogen and oxygen atoms in total. The summed E-state index contributed by atoms with van der Waals surface area (Å²) in [6.45, 7) is 0. The maximum Gasteiger partial charge on any atom is 0.219 e. The highest BCUT2D eigenvalue weighted by Crippen LogP contribution is 2.45. The van der Waals surface area contributed by atoms with Crippen LogP contribution >= 0.6 is 0 Å². The van der Waals surface area contributed by atoms with Crippen LogP contribution in [0.5, 0.6) is 11.5 Å². The van der Waals surface area contributed by atoms with Crippen molar-refractivity contribution >= 4 is 17.4 Å². The zero-order chi connectivity index (χ0) is 20.7. The number of anilines is 2. The Balaban J connectivity index is 1.63. The fraction of sp³-hybridized carbons (Fsp3) is 0.286. The summed E-state index contributed by atoms with van der Waals surface area (Å²) >= 11 is 0. The molecule has 9 heteroatoms. The van der Waals surface area contributed by atoms with Crippen molar-refractivity contribution in [2.75, 3.05) is 24.9 Å². The third kappa shape index (κ3) is 2.99. The van der Waals surface area contributed by atoms with Gasteiger partial charge in [0.2, 0.25) is 11.6 Å². The minimum Gasteiger partial charge on any atom is -0.497 e. The van der Waals surface area contributed by atoms with Crippen LogP contribution in [0.2, 0.25) is 0 Å². The molecule has 2 N–H and O–H groups in total. The third-order valence-corrected chi connectivity index (χ3v) is 5.53. The van der Waals surface area contributed by atoms with Gasteiger partial charge >= 0.3 is 0 Å². The Labute approximate surface area is 172 Å². The molecule has 0 saturated carbocycles. The van der Waals surface area contributed by atoms with Gasteiger partial charge in [0, 0.05) is 35.2 Å². The van der Waals surface area contributed by atoms with Gasteiger partial charge in [-0.1, -0.05) is 0 Å². The Hall–Kier alpha value is -3.75. The summed E-state index contributed by atoms with van der Waals surface area (Å²) < 4.78 is 21.4. The molecule has 0 saturated heterocycles. The first-order valence-corrected chi connectivity index (χ1v) is 9.55. The van der Waals surface area contributed by atoms with Crippen LogP contribution < -0.4 is 20.1 Å². The third-order valence-electron chi connectivity index (χ3n) is 5.53. The predicted molar refractivity (Wildman–Crippen MR) is 107 cm³/mol. The monoisotopic (exact) mass is 408 g/mol. The van der Waals surface area contributed by atoms with Gasteiger partial charge in [0.15, 0.2) is 5.78 Å². The van der Waals surface area contributed by atoms with Crippen LogP contribution in [0, 0.1) is 0 Å². The number of hydrogen-bond acceptors (Lipinski definition) is 9. The molecule has 0 spiro atoms. The summed E-state index contributed by atoms with van der Waals surface area (Å²) in [4.78, 5) is 13.4. The van der Waals surface area contributed by atoms with Gasteiger partial charge in [0.1, 0.15) is 17.3 Å². The molecule has 2 unspecified atom stereocenters. The number of nitrogens with zero attached hydrogens (tertiary/aromatic N) is 2. The molecular weight excluding hydrogens is 388 g/mol. The van der Waals surface area contributed by atoms with E-state index in [-0.39, 0.29) is 11.7 Å². The first-order chi connectivity index (χ1) is 14.7. The second kappa shape index (κ2) is 7.25. The number of Topliss-reactive ketones (excluding diaryl/α,β-unsaturated/α-hetero) is 1. The minimum absolute atomic E-state index is 0.0163. The van der Waals surface area contributed by atoms with Crippen molar-refractivity contribution < 1.29 is 23.3 Å². The van der Waals surface area contributed by atoms with E-state index in [9.17, 15) is 4.79 Å². The van der Waals surface area contributed by atoms with Crippen LogP contribution in [0.1, 0.15) is 36.1 Å². The summed E-state index contributed by atoms with van der Waals surface area (Å²) in [5, 5.41) is 14.4. The lowest BCUT2D eigenvalue weighted by molar-refractivity contribution is -0.116. The Bertz CT molecular complexity index is 1120. The highest BCUT2D eigenvalue weighted by atomic mass is 16.6. The second-order valence-corrected chi connectivity index (χ2v) is 7.21. The molecule has 1 aliphatic heterocycles. The molecule has 2 atom stereocenters. The van der Waals surface area contributed by atoms with Gasteiger partial charge in [-0.2, -0.15) is 0 Å². The number of furan rings is 1. The lowest BCUT2D eigenvalue weighted by Crippen LogP contribution is -2.27. The summed E-state index contributed by atoms with van der Waals surface area (Å²) in [5.74, 6) is 2.86. The van der Waals surface area contributed by atoms with Gasteiger partial charge in [-0.15, -0.1) is 0 Å². The van der Waals surface area contributed by atoms with E-state index >= 15 is 0 Å². The van der Waals surface area contributed by atoms with Crippen LogP contribution in [0.15, 0.2) is 56.9 Å². The molecule has 30 heavy (non-hydrogen) atoms. The maximum atomic E-state index is 13.4. The molecule has 3 aromatic rings. The molecule has 0 radical (unpaired) electrons. The topological polar surface area (TPSA) is 112 Å². The molecule has 2 aliphatic rings. The fourth-order valence-corrected chi connectivity index (χ4v) is 4.12. The molecule has 1 aromatic carbocycles. The fourth-order valence-electron chi connectivity index (χ4n) is 4.12. The van der Waals surface area contributed by atoms with Gasteiger partial charge in [0.25, 0.3) is 0 Å². The number of methoxy groups -OCH3 is 2. The number of rotatable bonds is 4. The number of ketones is 1. The van der Waals surface area contributed by atoms with Gasteiger partial charge in [-0.05, 0) is 41.0 Å². The molecular formula is C21H20N4O5. The average molecular weight is 408 g/mol. The Morgan fingerprint density at radius 3 is 2.73 bits per heavy atom. The van der Waals surface area contributed by atoms with Gasteiger partial charge in [-0.3, -0.25) is 4.79 Å². The van der Waals surface area contributed by atoms with E-state index in [4.69, 9.17) is 18.5 Å². The van der Waals surface area contributed by atoms with Crippen molar-refractivity contribution in [3.05, 3.63) is 59.2 Å². The highest BCUT2D eigenvalue weighted by Gasteiger charge is 2.39. The number of hydrogen-bond donors (Lipinski definition) is 2. The van der Waals surface area contributed by atoms with Crippen molar-refractivity contribution in [2.45, 2.75) is 24.8 Å². The van der Waals surface area contributed by atoms with Gasteiger partial charge < -0.3 is 24.5 Å². The van der Waals surface area contributed by atoms with E-state index in [1.807, 2.05) is 24.3 Å². The minimum atomic E-state index is -0.494. The van der Waals surface area contributed by atoms with Crippen molar-refractivity contribution in [2.24, 2.45) is 0 Å². The van der Waals surface area contributed by atoms with Crippen LogP contribution in [0.4, 0.5) is 11.6 Å². The molecule has 2 aromatic heterocycles. The molecule has 0 amide bonds. The van der Waals surface area contributed by atoms with E-state index in [1.165, 1.54) is 0 Å². The number of carbonyl (C=O) groups excluding carboxylic acids is 1. The summed E-state index contributed by atoms with van der Waals surface area (Å²) in [7, 11) is 3.18. The van der Waals surface area contributed by atoms with Crippen LogP contribution in [-0.2, 0) is 4.79 Å². The van der Waals surface area contributed by atoms with Gasteiger partial charge in [-0.25, -0.2) is 4.63 Å². The SMILES string of the molecule is COc1ccc(C2Nc3nonc3NC3=C2C(=O)CC(c2ccco2)C3)c(OC)c1. The first kappa shape index (κ1) is 18.3. The molecule has 0 bridgehead atoms. The first-order valence-electron chi connectivity index (χ1n) is 9.55. The lowest BCUT2D eigenvalue weighted by atomic mass is 9.80. The van der Waals surface area contributed by atoms with Crippen molar-refractivity contribution in [3.8, 4) is 11.5 Å². The van der Waals surface area contributed by atoms with Crippen LogP contribution in [-0.4, -0.2) is 30.3 Å². The quantitative estimate of drug-likeness (QED) is 0.668. The van der Waals surface area contributed by atoms with E-state index in [1.54, 1.807) is 26.5 Å². The summed E-state index contributed by atoms with van der Waals surface area (Å²) in [6, 6.07) is 8.73. The van der Waals surface area contributed by atoms with Crippen molar-refractivity contribution in [3.63, 3.8) is 0 Å². The number of allylic oxidation sites excluding steroid dienone is 1. The summed E-state index contributed by atoms with van der Waals surface area (Å²) in [5.41, 5.74) is 2.17. The highest BCUT2D eigenvalue weighted by molar-refractivity contribution is 6.01. The summed E-state index contributed by atoms with van der Waals surface area (Å²) in [6.07, 6.45) is 2.56. The maximum absolute atomic E-state index is 13.4. The molecule has 1 aliphatic carbocycles. The number of aromatic nitrogens is 2. The van der Waals surface area contributed by atoms with Crippen LogP contribution in [0.25, 0.3) is 0 Å². The zero-order valence-electron chi connectivity index (χ0n) is 16.5. The Morgan fingerprint density at radius 1 is 1.10 bits per heavy atom. The Kier molecular flexibility index (Phi) is 4.42. The van der Waals surface area contributed by atoms with E-state index in [0.29, 0.717) is 41.5 Å². The second-order valence-electron chi connectivity index (χ2n) is 7.21. The van der Waals surface area contributed by atoms with Gasteiger partial charge in [0.05, 0.1) is 26.5 Å². The lowest BCUT2D eigenvalue weighted by Gasteiger charge is -2.29. The number of benzene rings is 1. The molecule has 154 valence electrons. The van der Waals surface area contributed by atoms with E-state index < -0.39 is 6.04 Å². The van der Waals surface area contributed by atoms with Crippen LogP contribution in [0.3, 0.4) is 0 Å². The zero-order valence-corrected chi connectivity index (χ0v) is 16.5. The Morgan fingerprint density at radius 2 is 1.97 bits per heavy atom. The molecule has 0 fully saturated rings. The van der Waals surface area contributed by atoms with Crippen molar-refractivity contribution in [1.82, 2.24) is 10.3 Å². The number of carbonyl (C=O) groups is 1. The smallest absolute Gasteiger partial charge is 0.219 e. The number of ether oxygens (including phenoxy) is 2. The van der Waals surface area contributed by atoms with Crippen molar-refractivity contribution in [1.29, 1.82) is 0 Å². The molecule has 5 rings (SSSR count). The predicted octanol–water partition coefficient (Wildman–Crippen LogP) is 3.66.